The van der Waals surface area contributed by atoms with Crippen molar-refractivity contribution in [3.63, 3.8) is 0 Å². The molecule has 1 aromatic carbocycles. The third-order valence-corrected chi connectivity index (χ3v) is 4.38. The molecule has 22 heavy (non-hydrogen) atoms. The number of benzene rings is 1. The molecule has 2 aromatic heterocycles. The van der Waals surface area contributed by atoms with Crippen LogP contribution in [0.15, 0.2) is 51.2 Å². The number of nitrogens with zero attached hydrogens (tertiary/aromatic N) is 2. The lowest BCUT2D eigenvalue weighted by Crippen LogP contribution is -1.90. The highest BCUT2D eigenvalue weighted by molar-refractivity contribution is 7.13. The summed E-state index contributed by atoms with van der Waals surface area (Å²) in [7, 11) is 0. The molecule has 108 valence electrons. The monoisotopic (exact) mass is 308 g/mol. The SMILES string of the molecule is CC1=Nc2ccccc2/C1=C\c1nc(-c2cccs2)oc1O. The summed E-state index contributed by atoms with van der Waals surface area (Å²) in [4.78, 5) is 9.80. The number of hydrogen-bond donors (Lipinski definition) is 1. The van der Waals surface area contributed by atoms with E-state index in [1.807, 2.05) is 54.8 Å². The highest BCUT2D eigenvalue weighted by Gasteiger charge is 2.20. The van der Waals surface area contributed by atoms with E-state index in [2.05, 4.69) is 9.98 Å². The van der Waals surface area contributed by atoms with E-state index >= 15 is 0 Å². The van der Waals surface area contributed by atoms with Gasteiger partial charge in [-0.25, -0.2) is 4.98 Å². The fourth-order valence-corrected chi connectivity index (χ4v) is 3.13. The third-order valence-electron chi connectivity index (χ3n) is 3.52. The Bertz CT molecular complexity index is 905. The molecule has 3 aromatic rings. The van der Waals surface area contributed by atoms with Crippen LogP contribution in [-0.2, 0) is 0 Å². The maximum absolute atomic E-state index is 10.0. The van der Waals surface area contributed by atoms with Crippen molar-refractivity contribution in [3.8, 4) is 16.7 Å². The number of hydrogen-bond acceptors (Lipinski definition) is 5. The number of thiophene rings is 1. The average molecular weight is 308 g/mol. The second-order valence-corrected chi connectivity index (χ2v) is 5.91. The molecular formula is C17H12N2O2S. The molecule has 0 aliphatic carbocycles. The molecule has 1 N–H and O–H groups in total. The number of aliphatic imine (C=N–C) groups is 1. The fourth-order valence-electron chi connectivity index (χ4n) is 2.48. The quantitative estimate of drug-likeness (QED) is 0.743. The fraction of sp³-hybridized carbons (Fsp3) is 0.0588. The van der Waals surface area contributed by atoms with Gasteiger partial charge < -0.3 is 9.52 Å². The summed E-state index contributed by atoms with van der Waals surface area (Å²) in [5.74, 6) is 0.258. The molecule has 0 unspecified atom stereocenters. The van der Waals surface area contributed by atoms with Crippen molar-refractivity contribution < 1.29 is 9.52 Å². The van der Waals surface area contributed by atoms with Crippen LogP contribution in [0.4, 0.5) is 5.69 Å². The van der Waals surface area contributed by atoms with E-state index in [1.165, 1.54) is 11.3 Å². The Morgan fingerprint density at radius 2 is 2.05 bits per heavy atom. The van der Waals surface area contributed by atoms with E-state index in [0.717, 1.165) is 27.4 Å². The van der Waals surface area contributed by atoms with Crippen molar-refractivity contribution in [2.75, 3.05) is 0 Å². The van der Waals surface area contributed by atoms with E-state index in [1.54, 1.807) is 0 Å². The summed E-state index contributed by atoms with van der Waals surface area (Å²) in [6.07, 6.45) is 1.82. The van der Waals surface area contributed by atoms with Crippen LogP contribution in [-0.4, -0.2) is 15.8 Å². The van der Waals surface area contributed by atoms with Gasteiger partial charge in [0.2, 0.25) is 5.89 Å². The lowest BCUT2D eigenvalue weighted by Gasteiger charge is -1.99. The molecule has 0 fully saturated rings. The molecule has 5 heteroatoms. The Balaban J connectivity index is 1.80. The minimum absolute atomic E-state index is 0.173. The first kappa shape index (κ1) is 13.0. The van der Waals surface area contributed by atoms with Crippen molar-refractivity contribution in [1.82, 2.24) is 4.98 Å². The summed E-state index contributed by atoms with van der Waals surface area (Å²) in [5, 5.41) is 12.0. The van der Waals surface area contributed by atoms with Gasteiger partial charge in [-0.2, -0.15) is 0 Å². The van der Waals surface area contributed by atoms with Gasteiger partial charge in [-0.3, -0.25) is 4.99 Å². The first-order chi connectivity index (χ1) is 10.7. The van der Waals surface area contributed by atoms with Gasteiger partial charge in [0.15, 0.2) is 0 Å². The Labute approximate surface area is 131 Å². The van der Waals surface area contributed by atoms with Gasteiger partial charge in [0.1, 0.15) is 5.69 Å². The second-order valence-electron chi connectivity index (χ2n) is 4.96. The van der Waals surface area contributed by atoms with Crippen LogP contribution in [0.5, 0.6) is 5.95 Å². The van der Waals surface area contributed by atoms with Crippen molar-refractivity contribution in [2.24, 2.45) is 4.99 Å². The van der Waals surface area contributed by atoms with Crippen LogP contribution in [0.3, 0.4) is 0 Å². The zero-order chi connectivity index (χ0) is 15.1. The molecule has 0 saturated heterocycles. The van der Waals surface area contributed by atoms with Crippen LogP contribution < -0.4 is 0 Å². The van der Waals surface area contributed by atoms with Crippen LogP contribution in [0.25, 0.3) is 22.4 Å². The zero-order valence-electron chi connectivity index (χ0n) is 11.8. The predicted molar refractivity (Wildman–Crippen MR) is 88.6 cm³/mol. The highest BCUT2D eigenvalue weighted by atomic mass is 32.1. The van der Waals surface area contributed by atoms with E-state index < -0.39 is 0 Å². The largest absolute Gasteiger partial charge is 0.479 e. The first-order valence-electron chi connectivity index (χ1n) is 6.83. The minimum atomic E-state index is -0.173. The lowest BCUT2D eigenvalue weighted by atomic mass is 10.0. The molecule has 0 bridgehead atoms. The van der Waals surface area contributed by atoms with Crippen LogP contribution in [0.2, 0.25) is 0 Å². The van der Waals surface area contributed by atoms with Gasteiger partial charge in [0.05, 0.1) is 10.6 Å². The van der Waals surface area contributed by atoms with Gasteiger partial charge in [-0.15, -0.1) is 11.3 Å². The maximum Gasteiger partial charge on any atom is 0.310 e. The summed E-state index contributed by atoms with van der Waals surface area (Å²) in [5.41, 5.74) is 4.26. The number of aromatic hydroxyl groups is 1. The normalized spacial score (nSPS) is 15.1. The van der Waals surface area contributed by atoms with Crippen LogP contribution >= 0.6 is 11.3 Å². The first-order valence-corrected chi connectivity index (χ1v) is 7.71. The van der Waals surface area contributed by atoms with Gasteiger partial charge in [0.25, 0.3) is 0 Å². The lowest BCUT2D eigenvalue weighted by molar-refractivity contribution is 0.337. The van der Waals surface area contributed by atoms with Gasteiger partial charge in [-0.1, -0.05) is 24.3 Å². The van der Waals surface area contributed by atoms with Crippen LogP contribution in [0, 0.1) is 0 Å². The van der Waals surface area contributed by atoms with Gasteiger partial charge in [0, 0.05) is 16.8 Å². The molecule has 0 spiro atoms. The number of para-hydroxylation sites is 1. The smallest absolute Gasteiger partial charge is 0.310 e. The van der Waals surface area contributed by atoms with Crippen molar-refractivity contribution in [1.29, 1.82) is 0 Å². The van der Waals surface area contributed by atoms with E-state index in [0.29, 0.717) is 11.6 Å². The maximum atomic E-state index is 10.0. The second kappa shape index (κ2) is 4.96. The van der Waals surface area contributed by atoms with Crippen molar-refractivity contribution >= 4 is 34.4 Å². The van der Waals surface area contributed by atoms with E-state index in [9.17, 15) is 5.11 Å². The third kappa shape index (κ3) is 2.07. The molecule has 0 radical (unpaired) electrons. The molecule has 1 aliphatic rings. The standard InChI is InChI=1S/C17H12N2O2S/c1-10-12(11-5-2-3-6-13(11)18-10)9-14-17(20)21-16(19-14)15-7-4-8-22-15/h2-9,20H,1H3/b12-9-. The molecule has 0 saturated carbocycles. The zero-order valence-corrected chi connectivity index (χ0v) is 12.6. The Hall–Kier alpha value is -2.66. The number of allylic oxidation sites excluding steroid dienone is 1. The Morgan fingerprint density at radius 3 is 2.86 bits per heavy atom. The molecule has 4 nitrogen and oxygen atoms in total. The number of aromatic nitrogens is 1. The molecular weight excluding hydrogens is 296 g/mol. The summed E-state index contributed by atoms with van der Waals surface area (Å²) < 4.78 is 5.36. The van der Waals surface area contributed by atoms with Gasteiger partial charge >= 0.3 is 5.95 Å². The molecule has 0 amide bonds. The molecule has 0 atom stereocenters. The Kier molecular flexibility index (Phi) is 2.94. The molecule has 4 rings (SSSR count). The average Bonchev–Trinajstić information content (AvgIpc) is 3.21. The topological polar surface area (TPSA) is 58.6 Å². The van der Waals surface area contributed by atoms with Crippen molar-refractivity contribution in [2.45, 2.75) is 6.92 Å². The summed E-state index contributed by atoms with van der Waals surface area (Å²) in [6, 6.07) is 11.7. The predicted octanol–water partition coefficient (Wildman–Crippen LogP) is 4.76. The highest BCUT2D eigenvalue weighted by Crippen LogP contribution is 2.37. The summed E-state index contributed by atoms with van der Waals surface area (Å²) >= 11 is 1.52. The number of fused-ring (bicyclic) bond motifs is 1. The Morgan fingerprint density at radius 1 is 1.18 bits per heavy atom. The van der Waals surface area contributed by atoms with E-state index in [-0.39, 0.29) is 5.95 Å². The van der Waals surface area contributed by atoms with Crippen molar-refractivity contribution in [3.05, 3.63) is 53.0 Å². The minimum Gasteiger partial charge on any atom is -0.479 e. The van der Waals surface area contributed by atoms with Gasteiger partial charge in [-0.05, 0) is 30.5 Å². The number of rotatable bonds is 2. The molecule has 1 aliphatic heterocycles. The van der Waals surface area contributed by atoms with Crippen LogP contribution in [0.1, 0.15) is 18.2 Å². The number of oxazole rings is 1. The summed E-state index contributed by atoms with van der Waals surface area (Å²) in [6.45, 7) is 1.95. The molecule has 3 heterocycles. The van der Waals surface area contributed by atoms with E-state index in [4.69, 9.17) is 4.42 Å².